The van der Waals surface area contributed by atoms with Crippen molar-refractivity contribution in [1.82, 2.24) is 14.5 Å². The van der Waals surface area contributed by atoms with E-state index in [4.69, 9.17) is 5.73 Å². The molecule has 1 aliphatic rings. The van der Waals surface area contributed by atoms with Crippen molar-refractivity contribution in [2.24, 2.45) is 5.73 Å². The van der Waals surface area contributed by atoms with Crippen molar-refractivity contribution < 1.29 is 4.79 Å². The monoisotopic (exact) mass is 290 g/mol. The molecule has 0 unspecified atom stereocenters. The molecular formula is C14H18N4OS. The molecule has 2 aromatic heterocycles. The van der Waals surface area contributed by atoms with E-state index < -0.39 is 0 Å². The Hall–Kier alpha value is -1.66. The lowest BCUT2D eigenvalue weighted by Crippen LogP contribution is -2.18. The first-order valence-electron chi connectivity index (χ1n) is 6.83. The van der Waals surface area contributed by atoms with Crippen LogP contribution in [0, 0.1) is 0 Å². The van der Waals surface area contributed by atoms with Crippen LogP contribution in [0.2, 0.25) is 0 Å². The highest BCUT2D eigenvalue weighted by Crippen LogP contribution is 2.28. The summed E-state index contributed by atoms with van der Waals surface area (Å²) < 4.78 is 1.80. The molecule has 0 radical (unpaired) electrons. The van der Waals surface area contributed by atoms with E-state index in [1.165, 1.54) is 30.8 Å². The minimum Gasteiger partial charge on any atom is -0.368 e. The van der Waals surface area contributed by atoms with Crippen LogP contribution in [0.25, 0.3) is 10.7 Å². The summed E-state index contributed by atoms with van der Waals surface area (Å²) in [5.41, 5.74) is 5.25. The summed E-state index contributed by atoms with van der Waals surface area (Å²) in [7, 11) is 0. The van der Waals surface area contributed by atoms with E-state index in [0.717, 1.165) is 17.2 Å². The van der Waals surface area contributed by atoms with E-state index >= 15 is 0 Å². The molecule has 0 aromatic carbocycles. The molecule has 20 heavy (non-hydrogen) atoms. The van der Waals surface area contributed by atoms with Gasteiger partial charge in [0, 0.05) is 23.8 Å². The summed E-state index contributed by atoms with van der Waals surface area (Å²) in [6.45, 7) is 3.59. The van der Waals surface area contributed by atoms with Gasteiger partial charge in [0.1, 0.15) is 12.4 Å². The summed E-state index contributed by atoms with van der Waals surface area (Å²) in [5.74, 6) is 0.472. The van der Waals surface area contributed by atoms with Gasteiger partial charge in [0.15, 0.2) is 0 Å². The van der Waals surface area contributed by atoms with Crippen molar-refractivity contribution >= 4 is 17.2 Å². The molecule has 5 nitrogen and oxygen atoms in total. The van der Waals surface area contributed by atoms with Crippen molar-refractivity contribution in [3.8, 4) is 10.7 Å². The number of imidazole rings is 1. The highest BCUT2D eigenvalue weighted by molar-refractivity contribution is 7.15. The normalized spacial score (nSPS) is 15.8. The number of aromatic nitrogens is 2. The molecule has 1 saturated heterocycles. The third kappa shape index (κ3) is 2.91. The molecule has 2 aromatic rings. The molecule has 1 amide bonds. The molecule has 1 fully saturated rings. The second kappa shape index (κ2) is 5.76. The van der Waals surface area contributed by atoms with E-state index in [0.29, 0.717) is 0 Å². The van der Waals surface area contributed by atoms with Crippen molar-refractivity contribution in [2.75, 3.05) is 13.1 Å². The van der Waals surface area contributed by atoms with Crippen LogP contribution in [0.5, 0.6) is 0 Å². The minimum atomic E-state index is -0.349. The zero-order valence-corrected chi connectivity index (χ0v) is 12.1. The van der Waals surface area contributed by atoms with E-state index in [2.05, 4.69) is 22.0 Å². The highest BCUT2D eigenvalue weighted by atomic mass is 32.1. The molecule has 106 valence electrons. The lowest BCUT2D eigenvalue weighted by molar-refractivity contribution is -0.118. The quantitative estimate of drug-likeness (QED) is 0.911. The Bertz CT molecular complexity index is 598. The summed E-state index contributed by atoms with van der Waals surface area (Å²) >= 11 is 1.74. The number of nitrogens with two attached hydrogens (primary N) is 1. The van der Waals surface area contributed by atoms with Crippen molar-refractivity contribution in [1.29, 1.82) is 0 Å². The Morgan fingerprint density at radius 1 is 1.35 bits per heavy atom. The Morgan fingerprint density at radius 3 is 2.90 bits per heavy atom. The van der Waals surface area contributed by atoms with Gasteiger partial charge in [-0.25, -0.2) is 4.98 Å². The Kier molecular flexibility index (Phi) is 3.84. The number of amides is 1. The van der Waals surface area contributed by atoms with Gasteiger partial charge < -0.3 is 10.3 Å². The first kappa shape index (κ1) is 13.3. The lowest BCUT2D eigenvalue weighted by atomic mass is 10.4. The molecular weight excluding hydrogens is 272 g/mol. The summed E-state index contributed by atoms with van der Waals surface area (Å²) in [5, 5.41) is 0. The maximum absolute atomic E-state index is 11.1. The first-order chi connectivity index (χ1) is 9.72. The number of hydrogen-bond acceptors (Lipinski definition) is 4. The zero-order valence-electron chi connectivity index (χ0n) is 11.3. The second-order valence-electron chi connectivity index (χ2n) is 5.09. The maximum atomic E-state index is 11.1. The molecule has 0 bridgehead atoms. The molecule has 0 atom stereocenters. The van der Waals surface area contributed by atoms with Crippen LogP contribution in [0.3, 0.4) is 0 Å². The van der Waals surface area contributed by atoms with Crippen LogP contribution in [0.4, 0.5) is 0 Å². The van der Waals surface area contributed by atoms with Gasteiger partial charge in [-0.3, -0.25) is 9.69 Å². The number of thiophene rings is 1. The van der Waals surface area contributed by atoms with E-state index in [9.17, 15) is 4.79 Å². The van der Waals surface area contributed by atoms with Crippen LogP contribution in [0.1, 0.15) is 17.7 Å². The molecule has 0 saturated carbocycles. The minimum absolute atomic E-state index is 0.175. The number of likely N-dealkylation sites (tertiary alicyclic amines) is 1. The Morgan fingerprint density at radius 2 is 2.15 bits per heavy atom. The molecule has 6 heteroatoms. The maximum Gasteiger partial charge on any atom is 0.237 e. The fourth-order valence-electron chi connectivity index (χ4n) is 2.57. The molecule has 3 rings (SSSR count). The zero-order chi connectivity index (χ0) is 13.9. The topological polar surface area (TPSA) is 64.2 Å². The van der Waals surface area contributed by atoms with Gasteiger partial charge in [0.25, 0.3) is 0 Å². The van der Waals surface area contributed by atoms with Crippen molar-refractivity contribution in [3.05, 3.63) is 29.4 Å². The molecule has 0 spiro atoms. The van der Waals surface area contributed by atoms with Gasteiger partial charge in [-0.1, -0.05) is 0 Å². The van der Waals surface area contributed by atoms with Crippen LogP contribution < -0.4 is 5.73 Å². The molecule has 0 aliphatic carbocycles. The predicted octanol–water partition coefficient (Wildman–Crippen LogP) is 1.69. The van der Waals surface area contributed by atoms with Gasteiger partial charge in [0.2, 0.25) is 5.91 Å². The Labute approximate surface area is 122 Å². The first-order valence-corrected chi connectivity index (χ1v) is 7.65. The fraction of sp³-hybridized carbons (Fsp3) is 0.429. The lowest BCUT2D eigenvalue weighted by Gasteiger charge is -2.12. The van der Waals surface area contributed by atoms with E-state index in [1.54, 1.807) is 28.3 Å². The number of primary amides is 1. The number of hydrogen-bond donors (Lipinski definition) is 1. The SMILES string of the molecule is NC(=O)Cn1ccnc1-c1ccc(CN2CCCC2)s1. The standard InChI is InChI=1S/C14H18N4OS/c15-13(19)10-18-8-5-16-14(18)12-4-3-11(20-12)9-17-6-1-2-7-17/h3-5,8H,1-2,6-7,9-10H2,(H2,15,19). The second-order valence-corrected chi connectivity index (χ2v) is 6.26. The highest BCUT2D eigenvalue weighted by Gasteiger charge is 2.15. The average molecular weight is 290 g/mol. The average Bonchev–Trinajstić information content (AvgIpc) is 3.10. The summed E-state index contributed by atoms with van der Waals surface area (Å²) in [4.78, 5) is 20.3. The number of carbonyl (C=O) groups excluding carboxylic acids is 1. The molecule has 2 N–H and O–H groups in total. The number of carbonyl (C=O) groups is 1. The third-order valence-electron chi connectivity index (χ3n) is 3.50. The van der Waals surface area contributed by atoms with Crippen LogP contribution in [-0.4, -0.2) is 33.4 Å². The Balaban J connectivity index is 1.75. The summed E-state index contributed by atoms with van der Waals surface area (Å²) in [6, 6.07) is 4.23. The largest absolute Gasteiger partial charge is 0.368 e. The van der Waals surface area contributed by atoms with Gasteiger partial charge in [-0.2, -0.15) is 0 Å². The van der Waals surface area contributed by atoms with Gasteiger partial charge in [-0.05, 0) is 38.1 Å². The third-order valence-corrected chi connectivity index (χ3v) is 4.57. The van der Waals surface area contributed by atoms with Gasteiger partial charge in [0.05, 0.1) is 4.88 Å². The fourth-order valence-corrected chi connectivity index (χ4v) is 3.64. The van der Waals surface area contributed by atoms with E-state index in [-0.39, 0.29) is 12.5 Å². The molecule has 1 aliphatic heterocycles. The predicted molar refractivity (Wildman–Crippen MR) is 79.2 cm³/mol. The van der Waals surface area contributed by atoms with Crippen molar-refractivity contribution in [2.45, 2.75) is 25.9 Å². The van der Waals surface area contributed by atoms with E-state index in [1.807, 2.05) is 0 Å². The van der Waals surface area contributed by atoms with Crippen LogP contribution in [0.15, 0.2) is 24.5 Å². The number of nitrogens with zero attached hydrogens (tertiary/aromatic N) is 3. The smallest absolute Gasteiger partial charge is 0.237 e. The van der Waals surface area contributed by atoms with Crippen LogP contribution >= 0.6 is 11.3 Å². The summed E-state index contributed by atoms with van der Waals surface area (Å²) in [6.07, 6.45) is 6.11. The van der Waals surface area contributed by atoms with Crippen molar-refractivity contribution in [3.63, 3.8) is 0 Å². The van der Waals surface area contributed by atoms with Gasteiger partial charge in [-0.15, -0.1) is 11.3 Å². The van der Waals surface area contributed by atoms with Crippen LogP contribution in [-0.2, 0) is 17.9 Å². The number of rotatable bonds is 5. The van der Waals surface area contributed by atoms with Gasteiger partial charge >= 0.3 is 0 Å². The molecule has 3 heterocycles.